The normalized spacial score (nSPS) is 19.9. The number of hydrogen-bond donors (Lipinski definition) is 2. The summed E-state index contributed by atoms with van der Waals surface area (Å²) in [6.07, 6.45) is 1.53. The van der Waals surface area contributed by atoms with E-state index in [0.29, 0.717) is 56.0 Å². The summed E-state index contributed by atoms with van der Waals surface area (Å²) in [7, 11) is 0. The number of halogens is 1. The van der Waals surface area contributed by atoms with Crippen molar-refractivity contribution < 1.29 is 23.8 Å². The fraction of sp³-hybridized carbons (Fsp3) is 0.462. The summed E-state index contributed by atoms with van der Waals surface area (Å²) in [6, 6.07) is 10.5. The topological polar surface area (TPSA) is 78.9 Å². The third kappa shape index (κ3) is 4.88. The zero-order valence-corrected chi connectivity index (χ0v) is 19.1. The first kappa shape index (κ1) is 23.2. The summed E-state index contributed by atoms with van der Waals surface area (Å²) < 4.78 is 19.9. The fourth-order valence-corrected chi connectivity index (χ4v) is 4.90. The second-order valence-corrected chi connectivity index (χ2v) is 9.57. The van der Waals surface area contributed by atoms with E-state index in [9.17, 15) is 19.1 Å². The Labute approximate surface area is 193 Å². The van der Waals surface area contributed by atoms with Gasteiger partial charge in [0.05, 0.1) is 12.0 Å². The first-order chi connectivity index (χ1) is 15.8. The maximum absolute atomic E-state index is 14.1. The number of amides is 1. The highest BCUT2D eigenvalue weighted by Gasteiger charge is 2.49. The molecule has 1 fully saturated rings. The minimum Gasteiger partial charge on any atom is -0.493 e. The number of carboxylic acid groups (broad SMARTS) is 1. The zero-order chi connectivity index (χ0) is 23.6. The van der Waals surface area contributed by atoms with Crippen molar-refractivity contribution in [2.24, 2.45) is 11.3 Å². The van der Waals surface area contributed by atoms with Crippen LogP contribution in [0.1, 0.15) is 49.4 Å². The van der Waals surface area contributed by atoms with Crippen molar-refractivity contribution in [2.45, 2.75) is 45.7 Å². The number of carboxylic acids is 1. The summed E-state index contributed by atoms with van der Waals surface area (Å²) in [5, 5.41) is 13.5. The Morgan fingerprint density at radius 1 is 1.21 bits per heavy atom. The number of aliphatic carboxylic acids is 1. The molecule has 6 nitrogen and oxygen atoms in total. The maximum Gasteiger partial charge on any atom is 0.331 e. The molecular formula is C26H31FN2O4. The smallest absolute Gasteiger partial charge is 0.331 e. The number of ether oxygens (including phenoxy) is 1. The van der Waals surface area contributed by atoms with Gasteiger partial charge in [0.15, 0.2) is 6.04 Å². The summed E-state index contributed by atoms with van der Waals surface area (Å²) >= 11 is 0. The van der Waals surface area contributed by atoms with Crippen LogP contribution in [0.3, 0.4) is 0 Å². The molecule has 0 aliphatic carbocycles. The van der Waals surface area contributed by atoms with E-state index in [1.807, 2.05) is 24.3 Å². The van der Waals surface area contributed by atoms with E-state index in [0.717, 1.165) is 11.3 Å². The van der Waals surface area contributed by atoms with Crippen LogP contribution in [0.25, 0.3) is 0 Å². The highest BCUT2D eigenvalue weighted by molar-refractivity contribution is 5.90. The van der Waals surface area contributed by atoms with Crippen molar-refractivity contribution in [1.82, 2.24) is 10.2 Å². The van der Waals surface area contributed by atoms with Crippen molar-refractivity contribution >= 4 is 11.9 Å². The highest BCUT2D eigenvalue weighted by Crippen LogP contribution is 2.43. The number of carbonyl (C=O) groups excluding carboxylic acids is 1. The third-order valence-corrected chi connectivity index (χ3v) is 6.61. The van der Waals surface area contributed by atoms with Crippen LogP contribution < -0.4 is 10.1 Å². The number of carbonyl (C=O) groups is 2. The molecule has 4 rings (SSSR count). The van der Waals surface area contributed by atoms with E-state index in [1.165, 1.54) is 23.1 Å². The molecule has 2 aliphatic rings. The number of rotatable bonds is 6. The molecule has 1 amide bonds. The largest absolute Gasteiger partial charge is 0.493 e. The zero-order valence-electron chi connectivity index (χ0n) is 19.1. The van der Waals surface area contributed by atoms with Gasteiger partial charge in [-0.25, -0.2) is 9.18 Å². The van der Waals surface area contributed by atoms with Crippen LogP contribution in [-0.2, 0) is 22.6 Å². The molecule has 0 bridgehead atoms. The molecule has 1 unspecified atom stereocenters. The molecule has 2 aromatic carbocycles. The van der Waals surface area contributed by atoms with Crippen LogP contribution in [0.4, 0.5) is 4.39 Å². The molecule has 176 valence electrons. The number of hydrogen-bond acceptors (Lipinski definition) is 4. The molecule has 2 N–H and O–H groups in total. The second kappa shape index (κ2) is 9.51. The Balaban J connectivity index is 1.71. The molecule has 1 spiro atoms. The average molecular weight is 455 g/mol. The van der Waals surface area contributed by atoms with Gasteiger partial charge in [-0.3, -0.25) is 4.79 Å². The van der Waals surface area contributed by atoms with E-state index in [2.05, 4.69) is 19.2 Å². The lowest BCUT2D eigenvalue weighted by Gasteiger charge is -2.39. The van der Waals surface area contributed by atoms with E-state index < -0.39 is 23.2 Å². The van der Waals surface area contributed by atoms with Crippen molar-refractivity contribution in [1.29, 1.82) is 0 Å². The molecule has 0 aromatic heterocycles. The SMILES string of the molecule is CC(C)COc1ccc(CN2C(=O)C3(CCNCC3)Cc3cc(F)ccc3C2C(=O)O)cc1. The number of nitrogens with zero attached hydrogens (tertiary/aromatic N) is 1. The van der Waals surface area contributed by atoms with Gasteiger partial charge in [0, 0.05) is 6.54 Å². The molecule has 0 saturated carbocycles. The highest BCUT2D eigenvalue weighted by atomic mass is 19.1. The van der Waals surface area contributed by atoms with Crippen molar-refractivity contribution in [3.63, 3.8) is 0 Å². The summed E-state index contributed by atoms with van der Waals surface area (Å²) in [5.41, 5.74) is 1.18. The Bertz CT molecular complexity index is 1020. The predicted molar refractivity (Wildman–Crippen MR) is 122 cm³/mol. The quantitative estimate of drug-likeness (QED) is 0.691. The minimum absolute atomic E-state index is 0.159. The van der Waals surface area contributed by atoms with Crippen molar-refractivity contribution in [3.8, 4) is 5.75 Å². The van der Waals surface area contributed by atoms with Gasteiger partial charge in [-0.15, -0.1) is 0 Å². The van der Waals surface area contributed by atoms with Gasteiger partial charge >= 0.3 is 5.97 Å². The molecule has 2 aromatic rings. The van der Waals surface area contributed by atoms with Gasteiger partial charge in [-0.2, -0.15) is 0 Å². The van der Waals surface area contributed by atoms with E-state index in [4.69, 9.17) is 4.74 Å². The van der Waals surface area contributed by atoms with Crippen LogP contribution in [0, 0.1) is 17.2 Å². The Morgan fingerprint density at radius 3 is 2.55 bits per heavy atom. The van der Waals surface area contributed by atoms with Crippen LogP contribution >= 0.6 is 0 Å². The summed E-state index contributed by atoms with van der Waals surface area (Å²) in [5.74, 6) is -0.561. The van der Waals surface area contributed by atoms with E-state index in [-0.39, 0.29) is 12.5 Å². The molecular weight excluding hydrogens is 423 g/mol. The van der Waals surface area contributed by atoms with Gasteiger partial charge in [0.25, 0.3) is 0 Å². The first-order valence-electron chi connectivity index (χ1n) is 11.5. The number of fused-ring (bicyclic) bond motifs is 1. The fourth-order valence-electron chi connectivity index (χ4n) is 4.90. The van der Waals surface area contributed by atoms with Gasteiger partial charge in [-0.05, 0) is 79.2 Å². The van der Waals surface area contributed by atoms with Crippen molar-refractivity contribution in [2.75, 3.05) is 19.7 Å². The lowest BCUT2D eigenvalue weighted by atomic mass is 9.73. The summed E-state index contributed by atoms with van der Waals surface area (Å²) in [6.45, 7) is 6.26. The standard InChI is InChI=1S/C26H31FN2O4/c1-17(2)16-33-21-6-3-18(4-7-21)15-29-23(24(30)31)22-8-5-20(27)13-19(22)14-26(25(29)32)9-11-28-12-10-26/h3-8,13,17,23,28H,9-12,14-16H2,1-2H3,(H,30,31). The molecule has 2 heterocycles. The number of piperidine rings is 1. The van der Waals surface area contributed by atoms with E-state index >= 15 is 0 Å². The average Bonchev–Trinajstić information content (AvgIpc) is 2.87. The third-order valence-electron chi connectivity index (χ3n) is 6.61. The summed E-state index contributed by atoms with van der Waals surface area (Å²) in [4.78, 5) is 27.9. The van der Waals surface area contributed by atoms with Crippen LogP contribution in [0.5, 0.6) is 5.75 Å². The minimum atomic E-state index is -1.17. The predicted octanol–water partition coefficient (Wildman–Crippen LogP) is 3.94. The molecule has 2 aliphatic heterocycles. The van der Waals surface area contributed by atoms with Gasteiger partial charge in [0.2, 0.25) is 5.91 Å². The molecule has 1 saturated heterocycles. The molecule has 0 radical (unpaired) electrons. The molecule has 33 heavy (non-hydrogen) atoms. The Morgan fingerprint density at radius 2 is 1.91 bits per heavy atom. The second-order valence-electron chi connectivity index (χ2n) is 9.57. The van der Waals surface area contributed by atoms with Crippen molar-refractivity contribution in [3.05, 3.63) is 65.0 Å². The van der Waals surface area contributed by atoms with Gasteiger partial charge in [0.1, 0.15) is 11.6 Å². The number of nitrogens with one attached hydrogen (secondary N) is 1. The van der Waals surface area contributed by atoms with Crippen LogP contribution in [-0.4, -0.2) is 41.6 Å². The van der Waals surface area contributed by atoms with Gasteiger partial charge in [-0.1, -0.05) is 32.0 Å². The molecule has 7 heteroatoms. The Kier molecular flexibility index (Phi) is 6.70. The maximum atomic E-state index is 14.1. The van der Waals surface area contributed by atoms with E-state index in [1.54, 1.807) is 0 Å². The Hall–Kier alpha value is -2.93. The van der Waals surface area contributed by atoms with Gasteiger partial charge < -0.3 is 20.1 Å². The molecule has 1 atom stereocenters. The lowest BCUT2D eigenvalue weighted by molar-refractivity contribution is -0.156. The van der Waals surface area contributed by atoms with Crippen LogP contribution in [0.15, 0.2) is 42.5 Å². The first-order valence-corrected chi connectivity index (χ1v) is 11.5. The monoisotopic (exact) mass is 454 g/mol. The van der Waals surface area contributed by atoms with Crippen LogP contribution in [0.2, 0.25) is 0 Å². The number of benzene rings is 2. The lowest BCUT2D eigenvalue weighted by Crippen LogP contribution is -2.50.